The van der Waals surface area contributed by atoms with Gasteiger partial charge in [0.05, 0.1) is 21.9 Å². The van der Waals surface area contributed by atoms with Crippen LogP contribution in [0.25, 0.3) is 0 Å². The van der Waals surface area contributed by atoms with Crippen molar-refractivity contribution in [2.75, 3.05) is 11.9 Å². The molecular formula is C13H17ClF3NO. The predicted molar refractivity (Wildman–Crippen MR) is 70.4 cm³/mol. The van der Waals surface area contributed by atoms with Crippen LogP contribution >= 0.6 is 11.6 Å². The highest BCUT2D eigenvalue weighted by Gasteiger charge is 2.31. The summed E-state index contributed by atoms with van der Waals surface area (Å²) in [7, 11) is 0. The largest absolute Gasteiger partial charge is 0.416 e. The quantitative estimate of drug-likeness (QED) is 0.873. The van der Waals surface area contributed by atoms with Crippen LogP contribution in [0.3, 0.4) is 0 Å². The lowest BCUT2D eigenvalue weighted by Crippen LogP contribution is -2.38. The zero-order valence-electron chi connectivity index (χ0n) is 11.0. The molecule has 1 aromatic rings. The molecule has 2 N–H and O–H groups in total. The number of benzene rings is 1. The fourth-order valence-electron chi connectivity index (χ4n) is 1.32. The van der Waals surface area contributed by atoms with Crippen molar-refractivity contribution in [3.05, 3.63) is 28.8 Å². The summed E-state index contributed by atoms with van der Waals surface area (Å²) in [5, 5.41) is 13.0. The molecule has 1 unspecified atom stereocenters. The van der Waals surface area contributed by atoms with Crippen LogP contribution in [-0.4, -0.2) is 17.3 Å². The molecule has 0 saturated heterocycles. The van der Waals surface area contributed by atoms with Crippen molar-refractivity contribution in [1.29, 1.82) is 0 Å². The summed E-state index contributed by atoms with van der Waals surface area (Å²) in [5.74, 6) is -0.0374. The highest BCUT2D eigenvalue weighted by molar-refractivity contribution is 6.33. The van der Waals surface area contributed by atoms with E-state index in [-0.39, 0.29) is 23.2 Å². The monoisotopic (exact) mass is 295 g/mol. The topological polar surface area (TPSA) is 32.3 Å². The van der Waals surface area contributed by atoms with Gasteiger partial charge < -0.3 is 10.4 Å². The van der Waals surface area contributed by atoms with Crippen molar-refractivity contribution >= 4 is 17.3 Å². The maximum atomic E-state index is 12.6. The number of nitrogens with one attached hydrogen (secondary N) is 1. The van der Waals surface area contributed by atoms with Crippen molar-refractivity contribution in [3.8, 4) is 0 Å². The van der Waals surface area contributed by atoms with E-state index in [1.807, 2.05) is 13.8 Å². The Morgan fingerprint density at radius 2 is 1.89 bits per heavy atom. The Hall–Kier alpha value is -0.940. The van der Waals surface area contributed by atoms with Gasteiger partial charge in [0.2, 0.25) is 0 Å². The molecule has 1 rings (SSSR count). The first-order valence-electron chi connectivity index (χ1n) is 5.87. The minimum atomic E-state index is -4.42. The second kappa shape index (κ2) is 5.59. The average molecular weight is 296 g/mol. The van der Waals surface area contributed by atoms with E-state index in [0.29, 0.717) is 0 Å². The molecular weight excluding hydrogens is 279 g/mol. The number of anilines is 1. The van der Waals surface area contributed by atoms with Crippen molar-refractivity contribution in [3.63, 3.8) is 0 Å². The van der Waals surface area contributed by atoms with Gasteiger partial charge in [-0.25, -0.2) is 0 Å². The van der Waals surface area contributed by atoms with Gasteiger partial charge >= 0.3 is 6.18 Å². The Bertz CT molecular complexity index is 444. The first kappa shape index (κ1) is 16.1. The zero-order chi connectivity index (χ0) is 14.8. The lowest BCUT2D eigenvalue weighted by Gasteiger charge is -2.28. The van der Waals surface area contributed by atoms with Gasteiger partial charge in [-0.1, -0.05) is 25.4 Å². The van der Waals surface area contributed by atoms with Crippen molar-refractivity contribution in [2.45, 2.75) is 32.5 Å². The molecule has 0 fully saturated rings. The number of hydrogen-bond donors (Lipinski definition) is 2. The summed E-state index contributed by atoms with van der Waals surface area (Å²) in [6, 6.07) is 3.06. The van der Waals surface area contributed by atoms with Gasteiger partial charge in [0.25, 0.3) is 0 Å². The fraction of sp³-hybridized carbons (Fsp3) is 0.538. The standard InChI is InChI=1S/C13H17ClF3NO/c1-8(2)12(3,19)7-18-11-6-9(13(15,16)17)4-5-10(11)14/h4-6,8,18-19H,7H2,1-3H3. The van der Waals surface area contributed by atoms with E-state index >= 15 is 0 Å². The Morgan fingerprint density at radius 3 is 2.37 bits per heavy atom. The van der Waals surface area contributed by atoms with Crippen molar-refractivity contribution in [1.82, 2.24) is 0 Å². The van der Waals surface area contributed by atoms with Gasteiger partial charge in [0.1, 0.15) is 0 Å². The Kier molecular flexibility index (Phi) is 4.74. The zero-order valence-corrected chi connectivity index (χ0v) is 11.7. The molecule has 0 saturated carbocycles. The fourth-order valence-corrected chi connectivity index (χ4v) is 1.50. The molecule has 108 valence electrons. The molecule has 0 aliphatic carbocycles. The number of aliphatic hydroxyl groups is 1. The average Bonchev–Trinajstić information content (AvgIpc) is 2.26. The van der Waals surface area contributed by atoms with Crippen LogP contribution in [0, 0.1) is 5.92 Å². The molecule has 1 aromatic carbocycles. The van der Waals surface area contributed by atoms with E-state index < -0.39 is 17.3 Å². The molecule has 6 heteroatoms. The van der Waals surface area contributed by atoms with Crippen LogP contribution in [0.1, 0.15) is 26.3 Å². The van der Waals surface area contributed by atoms with Gasteiger partial charge in [-0.3, -0.25) is 0 Å². The van der Waals surface area contributed by atoms with Crippen LogP contribution in [0.2, 0.25) is 5.02 Å². The van der Waals surface area contributed by atoms with E-state index in [1.54, 1.807) is 6.92 Å². The number of alkyl halides is 3. The van der Waals surface area contributed by atoms with Gasteiger partial charge in [0, 0.05) is 6.54 Å². The Morgan fingerprint density at radius 1 is 1.32 bits per heavy atom. The highest BCUT2D eigenvalue weighted by Crippen LogP contribution is 2.34. The molecule has 2 nitrogen and oxygen atoms in total. The van der Waals surface area contributed by atoms with E-state index in [0.717, 1.165) is 12.1 Å². The highest BCUT2D eigenvalue weighted by atomic mass is 35.5. The first-order chi connectivity index (χ1) is 8.54. The first-order valence-corrected chi connectivity index (χ1v) is 6.25. The second-order valence-electron chi connectivity index (χ2n) is 5.06. The lowest BCUT2D eigenvalue weighted by molar-refractivity contribution is -0.137. The summed E-state index contributed by atoms with van der Waals surface area (Å²) < 4.78 is 37.7. The second-order valence-corrected chi connectivity index (χ2v) is 5.47. The number of rotatable bonds is 4. The Balaban J connectivity index is 2.90. The summed E-state index contributed by atoms with van der Waals surface area (Å²) in [4.78, 5) is 0. The lowest BCUT2D eigenvalue weighted by atomic mass is 9.92. The van der Waals surface area contributed by atoms with Crippen LogP contribution in [0.4, 0.5) is 18.9 Å². The molecule has 0 heterocycles. The molecule has 0 aromatic heterocycles. The number of hydrogen-bond acceptors (Lipinski definition) is 2. The van der Waals surface area contributed by atoms with Gasteiger partial charge in [-0.2, -0.15) is 13.2 Å². The summed E-state index contributed by atoms with van der Waals surface area (Å²) in [6.45, 7) is 5.39. The van der Waals surface area contributed by atoms with Crippen LogP contribution in [0.15, 0.2) is 18.2 Å². The van der Waals surface area contributed by atoms with Gasteiger partial charge in [-0.05, 0) is 31.0 Å². The van der Waals surface area contributed by atoms with Crippen LogP contribution in [-0.2, 0) is 6.18 Å². The van der Waals surface area contributed by atoms with Crippen molar-refractivity contribution in [2.24, 2.45) is 5.92 Å². The molecule has 0 amide bonds. The maximum Gasteiger partial charge on any atom is 0.416 e. The minimum absolute atomic E-state index is 0.0374. The summed E-state index contributed by atoms with van der Waals surface area (Å²) >= 11 is 5.84. The smallest absolute Gasteiger partial charge is 0.388 e. The molecule has 0 aliphatic rings. The van der Waals surface area contributed by atoms with Crippen molar-refractivity contribution < 1.29 is 18.3 Å². The Labute approximate surface area is 115 Å². The van der Waals surface area contributed by atoms with E-state index in [2.05, 4.69) is 5.32 Å². The molecule has 0 radical (unpaired) electrons. The van der Waals surface area contributed by atoms with Gasteiger partial charge in [0.15, 0.2) is 0 Å². The summed E-state index contributed by atoms with van der Waals surface area (Å²) in [5.41, 5.74) is -1.64. The van der Waals surface area contributed by atoms with E-state index in [1.165, 1.54) is 6.07 Å². The SMILES string of the molecule is CC(C)C(C)(O)CNc1cc(C(F)(F)F)ccc1Cl. The summed E-state index contributed by atoms with van der Waals surface area (Å²) in [6.07, 6.45) is -4.42. The third-order valence-electron chi connectivity index (χ3n) is 3.17. The molecule has 0 spiro atoms. The third-order valence-corrected chi connectivity index (χ3v) is 3.50. The van der Waals surface area contributed by atoms with E-state index in [9.17, 15) is 18.3 Å². The van der Waals surface area contributed by atoms with Crippen LogP contribution < -0.4 is 5.32 Å². The van der Waals surface area contributed by atoms with Crippen LogP contribution in [0.5, 0.6) is 0 Å². The normalized spacial score (nSPS) is 15.4. The third kappa shape index (κ3) is 4.28. The molecule has 1 atom stereocenters. The molecule has 19 heavy (non-hydrogen) atoms. The maximum absolute atomic E-state index is 12.6. The minimum Gasteiger partial charge on any atom is -0.388 e. The van der Waals surface area contributed by atoms with E-state index in [4.69, 9.17) is 11.6 Å². The molecule has 0 aliphatic heterocycles. The van der Waals surface area contributed by atoms with Gasteiger partial charge in [-0.15, -0.1) is 0 Å². The molecule has 0 bridgehead atoms. The number of halogens is 4. The predicted octanol–water partition coefficient (Wildman–Crippen LogP) is 4.18.